The molecule has 6 nitrogen and oxygen atoms in total. The van der Waals surface area contributed by atoms with Crippen LogP contribution in [0.4, 0.5) is 4.79 Å². The summed E-state index contributed by atoms with van der Waals surface area (Å²) in [6, 6.07) is 15.5. The molecule has 7 heteroatoms. The highest BCUT2D eigenvalue weighted by Gasteiger charge is 2.35. The van der Waals surface area contributed by atoms with Crippen molar-refractivity contribution in [3.8, 4) is 17.2 Å². The van der Waals surface area contributed by atoms with E-state index in [1.54, 1.807) is 20.3 Å². The molecule has 0 saturated carbocycles. The standard InChI is InChI=1S/C26H25NO5S/c1-16-5-6-17(2)23(13-16)32-12-11-27-25(28)24(33-26(27)29)15-21-20-14-19(30-3)9-7-18(20)8-10-22(21)31-4/h5-10,13-15H,11-12H2,1-4H3/b24-15-. The van der Waals surface area contributed by atoms with Crippen LogP contribution in [0.3, 0.4) is 0 Å². The molecule has 0 atom stereocenters. The van der Waals surface area contributed by atoms with Crippen LogP contribution < -0.4 is 14.2 Å². The molecule has 33 heavy (non-hydrogen) atoms. The average Bonchev–Trinajstić information content (AvgIpc) is 3.08. The predicted octanol–water partition coefficient (Wildman–Crippen LogP) is 5.59. The van der Waals surface area contributed by atoms with Crippen LogP contribution in [0.15, 0.2) is 53.4 Å². The van der Waals surface area contributed by atoms with Gasteiger partial charge in [-0.25, -0.2) is 0 Å². The third-order valence-corrected chi connectivity index (χ3v) is 6.42. The van der Waals surface area contributed by atoms with E-state index in [1.807, 2.05) is 62.4 Å². The topological polar surface area (TPSA) is 65.1 Å². The van der Waals surface area contributed by atoms with E-state index >= 15 is 0 Å². The second-order valence-corrected chi connectivity index (χ2v) is 8.71. The summed E-state index contributed by atoms with van der Waals surface area (Å²) in [5.41, 5.74) is 2.82. The molecule has 3 aromatic carbocycles. The van der Waals surface area contributed by atoms with Gasteiger partial charge in [-0.2, -0.15) is 0 Å². The fraction of sp³-hybridized carbons (Fsp3) is 0.231. The van der Waals surface area contributed by atoms with Crippen LogP contribution in [-0.2, 0) is 4.79 Å². The van der Waals surface area contributed by atoms with E-state index in [-0.39, 0.29) is 24.3 Å². The van der Waals surface area contributed by atoms with Gasteiger partial charge in [-0.15, -0.1) is 0 Å². The first-order valence-corrected chi connectivity index (χ1v) is 11.3. The van der Waals surface area contributed by atoms with Crippen LogP contribution in [0.5, 0.6) is 17.2 Å². The van der Waals surface area contributed by atoms with Gasteiger partial charge in [0.1, 0.15) is 23.9 Å². The van der Waals surface area contributed by atoms with Gasteiger partial charge in [0.25, 0.3) is 11.1 Å². The molecule has 2 amide bonds. The Bertz CT molecular complexity index is 1260. The Labute approximate surface area is 197 Å². The van der Waals surface area contributed by atoms with Crippen molar-refractivity contribution in [3.63, 3.8) is 0 Å². The zero-order valence-electron chi connectivity index (χ0n) is 19.0. The first-order valence-electron chi connectivity index (χ1n) is 10.5. The van der Waals surface area contributed by atoms with Gasteiger partial charge in [-0.05, 0) is 77.9 Å². The van der Waals surface area contributed by atoms with Crippen molar-refractivity contribution >= 4 is 39.8 Å². The number of aryl methyl sites for hydroxylation is 2. The monoisotopic (exact) mass is 463 g/mol. The number of amides is 2. The Morgan fingerprint density at radius 2 is 1.73 bits per heavy atom. The molecule has 0 spiro atoms. The van der Waals surface area contributed by atoms with E-state index < -0.39 is 0 Å². The first kappa shape index (κ1) is 22.7. The minimum atomic E-state index is -0.337. The molecular weight excluding hydrogens is 438 g/mol. The number of nitrogens with zero attached hydrogens (tertiary/aromatic N) is 1. The summed E-state index contributed by atoms with van der Waals surface area (Å²) in [5, 5.41) is 1.54. The fourth-order valence-corrected chi connectivity index (χ4v) is 4.54. The number of ether oxygens (including phenoxy) is 3. The number of fused-ring (bicyclic) bond motifs is 1. The van der Waals surface area contributed by atoms with Gasteiger partial charge >= 0.3 is 0 Å². The molecule has 3 aromatic rings. The fourth-order valence-electron chi connectivity index (χ4n) is 3.69. The Balaban J connectivity index is 1.57. The molecule has 1 aliphatic heterocycles. The SMILES string of the molecule is COc1ccc2ccc(OC)c(/C=C3\SC(=O)N(CCOc4cc(C)ccc4C)C3=O)c2c1. The van der Waals surface area contributed by atoms with Crippen molar-refractivity contribution in [2.75, 3.05) is 27.4 Å². The number of carbonyl (C=O) groups excluding carboxylic acids is 2. The van der Waals surface area contributed by atoms with Crippen LogP contribution in [0.25, 0.3) is 16.8 Å². The molecule has 0 radical (unpaired) electrons. The average molecular weight is 464 g/mol. The van der Waals surface area contributed by atoms with Crippen molar-refractivity contribution in [2.45, 2.75) is 13.8 Å². The van der Waals surface area contributed by atoms with Gasteiger partial charge in [-0.1, -0.05) is 24.3 Å². The van der Waals surface area contributed by atoms with E-state index in [4.69, 9.17) is 14.2 Å². The number of benzene rings is 3. The highest BCUT2D eigenvalue weighted by atomic mass is 32.2. The van der Waals surface area contributed by atoms with E-state index in [9.17, 15) is 9.59 Å². The Hall–Kier alpha value is -3.45. The highest BCUT2D eigenvalue weighted by molar-refractivity contribution is 8.18. The molecule has 170 valence electrons. The van der Waals surface area contributed by atoms with E-state index in [2.05, 4.69) is 0 Å². The smallest absolute Gasteiger partial charge is 0.293 e. The zero-order chi connectivity index (χ0) is 23.5. The number of rotatable bonds is 7. The second-order valence-electron chi connectivity index (χ2n) is 7.72. The summed E-state index contributed by atoms with van der Waals surface area (Å²) >= 11 is 0.922. The Kier molecular flexibility index (Phi) is 6.60. The lowest BCUT2D eigenvalue weighted by Crippen LogP contribution is -2.32. The largest absolute Gasteiger partial charge is 0.497 e. The molecule has 0 aliphatic carbocycles. The molecule has 1 saturated heterocycles. The lowest BCUT2D eigenvalue weighted by Gasteiger charge is -2.15. The lowest BCUT2D eigenvalue weighted by molar-refractivity contribution is -0.123. The van der Waals surface area contributed by atoms with Crippen molar-refractivity contribution < 1.29 is 23.8 Å². The van der Waals surface area contributed by atoms with E-state index in [1.165, 1.54) is 4.90 Å². The molecule has 0 N–H and O–H groups in total. The predicted molar refractivity (Wildman–Crippen MR) is 131 cm³/mol. The normalized spacial score (nSPS) is 14.9. The Morgan fingerprint density at radius 1 is 0.939 bits per heavy atom. The number of hydrogen-bond acceptors (Lipinski definition) is 6. The van der Waals surface area contributed by atoms with Crippen molar-refractivity contribution in [1.82, 2.24) is 4.90 Å². The summed E-state index contributed by atoms with van der Waals surface area (Å²) in [5.74, 6) is 1.73. The number of thioether (sulfide) groups is 1. The summed E-state index contributed by atoms with van der Waals surface area (Å²) in [6.07, 6.45) is 1.72. The molecular formula is C26H25NO5S. The summed E-state index contributed by atoms with van der Waals surface area (Å²) in [4.78, 5) is 27.2. The maximum absolute atomic E-state index is 13.0. The van der Waals surface area contributed by atoms with Gasteiger partial charge in [0.15, 0.2) is 0 Å². The van der Waals surface area contributed by atoms with Crippen molar-refractivity contribution in [1.29, 1.82) is 0 Å². The molecule has 0 aromatic heterocycles. The molecule has 1 aliphatic rings. The van der Waals surface area contributed by atoms with E-state index in [0.29, 0.717) is 16.4 Å². The number of carbonyl (C=O) groups is 2. The summed E-state index contributed by atoms with van der Waals surface area (Å²) in [7, 11) is 3.18. The number of hydrogen-bond donors (Lipinski definition) is 0. The lowest BCUT2D eigenvalue weighted by atomic mass is 10.0. The third kappa shape index (κ3) is 4.68. The van der Waals surface area contributed by atoms with Crippen LogP contribution in [-0.4, -0.2) is 43.4 Å². The summed E-state index contributed by atoms with van der Waals surface area (Å²) in [6.45, 7) is 4.36. The number of methoxy groups -OCH3 is 2. The Morgan fingerprint density at radius 3 is 2.48 bits per heavy atom. The molecule has 1 fully saturated rings. The minimum absolute atomic E-state index is 0.176. The molecule has 4 rings (SSSR count). The van der Waals surface area contributed by atoms with Crippen LogP contribution in [0.2, 0.25) is 0 Å². The minimum Gasteiger partial charge on any atom is -0.497 e. The van der Waals surface area contributed by atoms with Gasteiger partial charge in [-0.3, -0.25) is 14.5 Å². The van der Waals surface area contributed by atoms with Crippen LogP contribution in [0, 0.1) is 13.8 Å². The maximum Gasteiger partial charge on any atom is 0.293 e. The molecule has 0 unspecified atom stereocenters. The highest BCUT2D eigenvalue weighted by Crippen LogP contribution is 2.37. The maximum atomic E-state index is 13.0. The summed E-state index contributed by atoms with van der Waals surface area (Å²) < 4.78 is 16.7. The number of imide groups is 1. The van der Waals surface area contributed by atoms with E-state index in [0.717, 1.165) is 45.0 Å². The van der Waals surface area contributed by atoms with Crippen LogP contribution in [0.1, 0.15) is 16.7 Å². The van der Waals surface area contributed by atoms with Crippen molar-refractivity contribution in [2.24, 2.45) is 0 Å². The van der Waals surface area contributed by atoms with Gasteiger partial charge in [0, 0.05) is 5.56 Å². The van der Waals surface area contributed by atoms with Gasteiger partial charge in [0.2, 0.25) is 0 Å². The second kappa shape index (κ2) is 9.58. The zero-order valence-corrected chi connectivity index (χ0v) is 19.8. The van der Waals surface area contributed by atoms with Crippen LogP contribution >= 0.6 is 11.8 Å². The van der Waals surface area contributed by atoms with Gasteiger partial charge < -0.3 is 14.2 Å². The third-order valence-electron chi connectivity index (χ3n) is 5.52. The van der Waals surface area contributed by atoms with Crippen molar-refractivity contribution in [3.05, 3.63) is 70.1 Å². The molecule has 1 heterocycles. The first-order chi connectivity index (χ1) is 15.9. The quantitative estimate of drug-likeness (QED) is 0.426. The molecule has 0 bridgehead atoms. The van der Waals surface area contributed by atoms with Gasteiger partial charge in [0.05, 0.1) is 25.7 Å².